The Labute approximate surface area is 71.1 Å². The summed E-state index contributed by atoms with van der Waals surface area (Å²) < 4.78 is 13.0. The van der Waals surface area contributed by atoms with Crippen LogP contribution in [0.1, 0.15) is 13.8 Å². The molecule has 0 spiro atoms. The molecule has 0 saturated heterocycles. The third kappa shape index (κ3) is 1.93. The van der Waals surface area contributed by atoms with Crippen LogP contribution in [0.5, 0.6) is 0 Å². The van der Waals surface area contributed by atoms with E-state index < -0.39 is 6.17 Å². The number of allylic oxidation sites excluding steroid dienone is 6. The van der Waals surface area contributed by atoms with Gasteiger partial charge < -0.3 is 0 Å². The number of halogens is 2. The zero-order valence-electron chi connectivity index (χ0n) is 6.57. The molecule has 0 bridgehead atoms. The van der Waals surface area contributed by atoms with Crippen LogP contribution in [0.3, 0.4) is 0 Å². The van der Waals surface area contributed by atoms with Crippen molar-refractivity contribution in [2.45, 2.75) is 20.0 Å². The molecule has 1 aliphatic rings. The molecule has 1 rings (SSSR count). The van der Waals surface area contributed by atoms with Crippen LogP contribution in [0.4, 0.5) is 4.39 Å². The molecule has 0 aliphatic heterocycles. The molecule has 11 heavy (non-hydrogen) atoms. The highest BCUT2D eigenvalue weighted by Gasteiger charge is 2.10. The first kappa shape index (κ1) is 8.54. The summed E-state index contributed by atoms with van der Waals surface area (Å²) in [6.45, 7) is 3.81. The maximum Gasteiger partial charge on any atom is 0.154 e. The first-order valence-electron chi connectivity index (χ1n) is 3.48. The lowest BCUT2D eigenvalue weighted by Gasteiger charge is -2.00. The van der Waals surface area contributed by atoms with E-state index in [0.717, 1.165) is 11.1 Å². The van der Waals surface area contributed by atoms with E-state index in [9.17, 15) is 4.39 Å². The van der Waals surface area contributed by atoms with Gasteiger partial charge in [0.2, 0.25) is 0 Å². The van der Waals surface area contributed by atoms with Gasteiger partial charge in [-0.25, -0.2) is 4.39 Å². The largest absolute Gasteiger partial charge is 0.237 e. The summed E-state index contributed by atoms with van der Waals surface area (Å²) >= 11 is 5.60. The third-order valence-corrected chi connectivity index (χ3v) is 2.11. The van der Waals surface area contributed by atoms with E-state index in [0.29, 0.717) is 0 Å². The summed E-state index contributed by atoms with van der Waals surface area (Å²) in [7, 11) is 0. The minimum Gasteiger partial charge on any atom is -0.237 e. The van der Waals surface area contributed by atoms with Gasteiger partial charge in [0, 0.05) is 0 Å². The molecule has 0 aromatic carbocycles. The molecular formula is C9H10ClF. The van der Waals surface area contributed by atoms with Gasteiger partial charge >= 0.3 is 0 Å². The Morgan fingerprint density at radius 1 is 1.27 bits per heavy atom. The topological polar surface area (TPSA) is 0 Å². The van der Waals surface area contributed by atoms with Gasteiger partial charge in [-0.15, -0.1) is 0 Å². The number of hydrogen-bond donors (Lipinski definition) is 0. The zero-order chi connectivity index (χ0) is 8.43. The van der Waals surface area contributed by atoms with Crippen molar-refractivity contribution in [3.8, 4) is 0 Å². The second-order valence-electron chi connectivity index (χ2n) is 2.65. The van der Waals surface area contributed by atoms with E-state index in [-0.39, 0.29) is 5.03 Å². The molecule has 0 fully saturated rings. The van der Waals surface area contributed by atoms with Crippen LogP contribution in [0.25, 0.3) is 0 Å². The van der Waals surface area contributed by atoms with Gasteiger partial charge in [0.15, 0.2) is 6.17 Å². The Morgan fingerprint density at radius 2 is 1.91 bits per heavy atom. The maximum atomic E-state index is 13.0. The molecule has 1 aliphatic carbocycles. The molecular weight excluding hydrogens is 163 g/mol. The summed E-state index contributed by atoms with van der Waals surface area (Å²) in [6.07, 6.45) is 3.82. The predicted octanol–water partition coefficient (Wildman–Crippen LogP) is 3.35. The molecule has 0 saturated carbocycles. The molecule has 0 amide bonds. The Bertz CT molecular complexity index is 248. The van der Waals surface area contributed by atoms with Crippen molar-refractivity contribution in [2.75, 3.05) is 0 Å². The zero-order valence-corrected chi connectivity index (χ0v) is 7.32. The van der Waals surface area contributed by atoms with Crippen LogP contribution in [0.2, 0.25) is 0 Å². The fourth-order valence-electron chi connectivity index (χ4n) is 0.859. The molecule has 1 atom stereocenters. The first-order valence-corrected chi connectivity index (χ1v) is 3.86. The molecule has 2 heteroatoms. The molecule has 0 aromatic rings. The second-order valence-corrected chi connectivity index (χ2v) is 3.09. The summed E-state index contributed by atoms with van der Waals surface area (Å²) in [6, 6.07) is 0. The molecule has 0 aromatic heterocycles. The van der Waals surface area contributed by atoms with Crippen molar-refractivity contribution in [3.05, 3.63) is 34.4 Å². The monoisotopic (exact) mass is 172 g/mol. The van der Waals surface area contributed by atoms with E-state index >= 15 is 0 Å². The fourth-order valence-corrected chi connectivity index (χ4v) is 0.985. The van der Waals surface area contributed by atoms with Crippen LogP contribution in [0, 0.1) is 0 Å². The standard InChI is InChI=1S/C9H10ClF/c1-6-3-4-8(10)9(11)5-7(6)2/h3-5,9H,1-2H3. The lowest BCUT2D eigenvalue weighted by molar-refractivity contribution is 0.461. The van der Waals surface area contributed by atoms with Crippen LogP contribution in [-0.4, -0.2) is 6.17 Å². The fraction of sp³-hybridized carbons (Fsp3) is 0.333. The van der Waals surface area contributed by atoms with Gasteiger partial charge in [-0.2, -0.15) is 0 Å². The maximum absolute atomic E-state index is 13.0. The normalized spacial score (nSPS) is 25.1. The van der Waals surface area contributed by atoms with Gasteiger partial charge in [-0.3, -0.25) is 0 Å². The van der Waals surface area contributed by atoms with E-state index in [4.69, 9.17) is 11.6 Å². The SMILES string of the molecule is CC1=CC=C(Cl)C(F)C=C1C. The first-order chi connectivity index (χ1) is 5.11. The Balaban J connectivity index is 3.01. The van der Waals surface area contributed by atoms with Crippen molar-refractivity contribution >= 4 is 11.6 Å². The van der Waals surface area contributed by atoms with Gasteiger partial charge in [-0.1, -0.05) is 17.7 Å². The van der Waals surface area contributed by atoms with Crippen molar-refractivity contribution in [1.29, 1.82) is 0 Å². The average Bonchev–Trinajstić information content (AvgIpc) is 2.05. The van der Waals surface area contributed by atoms with Crippen LogP contribution >= 0.6 is 11.6 Å². The molecule has 0 heterocycles. The van der Waals surface area contributed by atoms with Crippen LogP contribution in [0.15, 0.2) is 34.4 Å². The van der Waals surface area contributed by atoms with Crippen LogP contribution < -0.4 is 0 Å². The minimum absolute atomic E-state index is 0.251. The highest BCUT2D eigenvalue weighted by atomic mass is 35.5. The molecule has 0 radical (unpaired) electrons. The summed E-state index contributed by atoms with van der Waals surface area (Å²) in [4.78, 5) is 0. The second kappa shape index (κ2) is 3.22. The van der Waals surface area contributed by atoms with E-state index in [2.05, 4.69) is 0 Å². The van der Waals surface area contributed by atoms with Crippen molar-refractivity contribution in [1.82, 2.24) is 0 Å². The summed E-state index contributed by atoms with van der Waals surface area (Å²) in [5.74, 6) is 0. The molecule has 60 valence electrons. The van der Waals surface area contributed by atoms with Crippen molar-refractivity contribution in [3.63, 3.8) is 0 Å². The van der Waals surface area contributed by atoms with Crippen LogP contribution in [-0.2, 0) is 0 Å². The van der Waals surface area contributed by atoms with Gasteiger partial charge in [0.1, 0.15) is 0 Å². The lowest BCUT2D eigenvalue weighted by atomic mass is 10.1. The smallest absolute Gasteiger partial charge is 0.154 e. The molecule has 0 N–H and O–H groups in total. The highest BCUT2D eigenvalue weighted by molar-refractivity contribution is 6.30. The Morgan fingerprint density at radius 3 is 2.55 bits per heavy atom. The number of rotatable bonds is 0. The summed E-state index contributed by atoms with van der Waals surface area (Å²) in [5, 5.41) is 0.251. The average molecular weight is 173 g/mol. The number of hydrogen-bond acceptors (Lipinski definition) is 0. The Kier molecular flexibility index (Phi) is 2.50. The highest BCUT2D eigenvalue weighted by Crippen LogP contribution is 2.22. The number of alkyl halides is 1. The van der Waals surface area contributed by atoms with E-state index in [1.54, 1.807) is 6.08 Å². The lowest BCUT2D eigenvalue weighted by Crippen LogP contribution is -1.94. The minimum atomic E-state index is -1.13. The van der Waals surface area contributed by atoms with Gasteiger partial charge in [-0.05, 0) is 37.1 Å². The quantitative estimate of drug-likeness (QED) is 0.526. The van der Waals surface area contributed by atoms with Crippen molar-refractivity contribution < 1.29 is 4.39 Å². The molecule has 1 unspecified atom stereocenters. The Hall–Kier alpha value is -0.560. The molecule has 0 nitrogen and oxygen atoms in total. The van der Waals surface area contributed by atoms with Gasteiger partial charge in [0.25, 0.3) is 0 Å². The van der Waals surface area contributed by atoms with E-state index in [1.165, 1.54) is 6.08 Å². The predicted molar refractivity (Wildman–Crippen MR) is 46.3 cm³/mol. The summed E-state index contributed by atoms with van der Waals surface area (Å²) in [5.41, 5.74) is 2.01. The van der Waals surface area contributed by atoms with E-state index in [1.807, 2.05) is 19.9 Å². The van der Waals surface area contributed by atoms with Gasteiger partial charge in [0.05, 0.1) is 5.03 Å². The third-order valence-electron chi connectivity index (χ3n) is 1.77. The van der Waals surface area contributed by atoms with Crippen molar-refractivity contribution in [2.24, 2.45) is 0 Å².